The van der Waals surface area contributed by atoms with E-state index in [0.717, 1.165) is 18.2 Å². The summed E-state index contributed by atoms with van der Waals surface area (Å²) in [5.41, 5.74) is 0.255. The fourth-order valence-electron chi connectivity index (χ4n) is 1.92. The van der Waals surface area contributed by atoms with Gasteiger partial charge in [0.1, 0.15) is 15.9 Å². The molecule has 3 rings (SSSR count). The second-order valence-electron chi connectivity index (χ2n) is 4.30. The van der Waals surface area contributed by atoms with Crippen LogP contribution < -0.4 is 0 Å². The molecule has 10 heteroatoms. The number of non-ortho nitro benzene ring substituents is 1. The highest BCUT2D eigenvalue weighted by molar-refractivity contribution is 7.90. The molecule has 8 nitrogen and oxygen atoms in total. The Kier molecular flexibility index (Phi) is 3.30. The number of fused-ring (bicyclic) bond motifs is 1. The number of rotatable bonds is 3. The number of para-hydroxylation sites is 1. The summed E-state index contributed by atoms with van der Waals surface area (Å²) in [6.07, 6.45) is 0. The number of hydrogen-bond donors (Lipinski definition) is 0. The Morgan fingerprint density at radius 3 is 2.64 bits per heavy atom. The zero-order valence-corrected chi connectivity index (χ0v) is 12.3. The van der Waals surface area contributed by atoms with Crippen molar-refractivity contribution in [1.82, 2.24) is 14.4 Å². The van der Waals surface area contributed by atoms with Crippen molar-refractivity contribution < 1.29 is 13.3 Å². The number of nitrogens with zero attached hydrogens (tertiary/aromatic N) is 4. The van der Waals surface area contributed by atoms with Crippen LogP contribution in [0.3, 0.4) is 0 Å². The maximum Gasteiger partial charge on any atom is 0.286 e. The summed E-state index contributed by atoms with van der Waals surface area (Å²) in [7, 11) is -4.20. The first kappa shape index (κ1) is 14.4. The molecule has 0 aliphatic carbocycles. The van der Waals surface area contributed by atoms with E-state index in [4.69, 9.17) is 11.6 Å². The molecule has 0 saturated heterocycles. The van der Waals surface area contributed by atoms with Gasteiger partial charge >= 0.3 is 0 Å². The highest BCUT2D eigenvalue weighted by Gasteiger charge is 2.26. The fraction of sp³-hybridized carbons (Fsp3) is 0. The average molecular weight is 339 g/mol. The molecular formula is C12H7ClN4O4S. The first-order valence-electron chi connectivity index (χ1n) is 5.91. The lowest BCUT2D eigenvalue weighted by atomic mass is 10.3. The van der Waals surface area contributed by atoms with Crippen molar-refractivity contribution in [3.05, 3.63) is 57.6 Å². The van der Waals surface area contributed by atoms with E-state index < -0.39 is 19.8 Å². The first-order valence-corrected chi connectivity index (χ1v) is 7.73. The lowest BCUT2D eigenvalue weighted by molar-refractivity contribution is -0.385. The predicted molar refractivity (Wildman–Crippen MR) is 78.2 cm³/mol. The Bertz CT molecular complexity index is 999. The summed E-state index contributed by atoms with van der Waals surface area (Å²) >= 11 is 5.89. The molecule has 0 amide bonds. The molecule has 22 heavy (non-hydrogen) atoms. The van der Waals surface area contributed by atoms with Crippen molar-refractivity contribution in [1.29, 1.82) is 0 Å². The van der Waals surface area contributed by atoms with E-state index in [1.54, 1.807) is 18.2 Å². The van der Waals surface area contributed by atoms with Crippen LogP contribution in [0.5, 0.6) is 0 Å². The monoisotopic (exact) mass is 338 g/mol. The predicted octanol–water partition coefficient (Wildman–Crippen LogP) is 2.23. The Morgan fingerprint density at radius 2 is 1.91 bits per heavy atom. The van der Waals surface area contributed by atoms with E-state index in [9.17, 15) is 18.5 Å². The molecule has 3 aromatic rings. The van der Waals surface area contributed by atoms with Crippen molar-refractivity contribution in [2.45, 2.75) is 4.90 Å². The van der Waals surface area contributed by atoms with Crippen LogP contribution in [0.1, 0.15) is 0 Å². The number of halogens is 1. The van der Waals surface area contributed by atoms with E-state index in [-0.39, 0.29) is 16.2 Å². The highest BCUT2D eigenvalue weighted by Crippen LogP contribution is 2.28. The molecule has 0 unspecified atom stereocenters. The molecule has 0 saturated carbocycles. The molecule has 0 aliphatic rings. The van der Waals surface area contributed by atoms with Crippen LogP contribution in [-0.2, 0) is 10.0 Å². The zero-order valence-electron chi connectivity index (χ0n) is 10.7. The van der Waals surface area contributed by atoms with Gasteiger partial charge in [0.05, 0.1) is 9.95 Å². The standard InChI is InChI=1S/C12H7ClN4O4S/c13-9-6-5-8(17(18)19)7-12(9)22(20,21)16-11-4-2-1-3-10(11)14-15-16/h1-7H. The molecule has 1 aromatic heterocycles. The van der Waals surface area contributed by atoms with E-state index in [1.165, 1.54) is 6.07 Å². The van der Waals surface area contributed by atoms with Crippen LogP contribution in [0.25, 0.3) is 11.0 Å². The molecule has 0 N–H and O–H groups in total. The van der Waals surface area contributed by atoms with E-state index in [1.807, 2.05) is 0 Å². The van der Waals surface area contributed by atoms with Crippen LogP contribution >= 0.6 is 11.6 Å². The molecule has 0 spiro atoms. The lowest BCUT2D eigenvalue weighted by Gasteiger charge is -2.06. The van der Waals surface area contributed by atoms with Crippen LogP contribution in [-0.4, -0.2) is 27.7 Å². The molecule has 0 aliphatic heterocycles. The summed E-state index contributed by atoms with van der Waals surface area (Å²) in [5.74, 6) is 0. The summed E-state index contributed by atoms with van der Waals surface area (Å²) in [5, 5.41) is 18.1. The van der Waals surface area contributed by atoms with Crippen molar-refractivity contribution in [3.63, 3.8) is 0 Å². The van der Waals surface area contributed by atoms with Gasteiger partial charge in [-0.2, -0.15) is 8.42 Å². The quantitative estimate of drug-likeness (QED) is 0.535. The Hall–Kier alpha value is -2.52. The molecule has 0 atom stereocenters. The van der Waals surface area contributed by atoms with Gasteiger partial charge in [0.2, 0.25) is 0 Å². The third-order valence-corrected chi connectivity index (χ3v) is 5.01. The minimum absolute atomic E-state index is 0.134. The van der Waals surface area contributed by atoms with Gasteiger partial charge in [0.25, 0.3) is 15.7 Å². The van der Waals surface area contributed by atoms with E-state index in [2.05, 4.69) is 10.3 Å². The lowest BCUT2D eigenvalue weighted by Crippen LogP contribution is -2.15. The Labute approximate surface area is 129 Å². The minimum Gasteiger partial charge on any atom is -0.258 e. The van der Waals surface area contributed by atoms with Gasteiger partial charge in [-0.05, 0) is 18.2 Å². The van der Waals surface area contributed by atoms with Crippen LogP contribution in [0.2, 0.25) is 5.02 Å². The van der Waals surface area contributed by atoms with Gasteiger partial charge in [0, 0.05) is 12.1 Å². The number of hydrogen-bond acceptors (Lipinski definition) is 6. The first-order chi connectivity index (χ1) is 10.4. The maximum absolute atomic E-state index is 12.7. The topological polar surface area (TPSA) is 108 Å². The minimum atomic E-state index is -4.20. The molecule has 0 radical (unpaired) electrons. The fourth-order valence-corrected chi connectivity index (χ4v) is 3.65. The summed E-state index contributed by atoms with van der Waals surface area (Å²) < 4.78 is 26.0. The SMILES string of the molecule is O=[N+]([O-])c1ccc(Cl)c(S(=O)(=O)n2nnc3ccccc32)c1. The van der Waals surface area contributed by atoms with Crippen molar-refractivity contribution in [2.75, 3.05) is 0 Å². The van der Waals surface area contributed by atoms with Gasteiger partial charge in [-0.25, -0.2) is 0 Å². The van der Waals surface area contributed by atoms with Crippen molar-refractivity contribution in [3.8, 4) is 0 Å². The molecule has 0 fully saturated rings. The molecule has 0 bridgehead atoms. The second kappa shape index (κ2) is 5.04. The molecule has 112 valence electrons. The average Bonchev–Trinajstić information content (AvgIpc) is 2.91. The molecule has 1 heterocycles. The smallest absolute Gasteiger partial charge is 0.258 e. The largest absolute Gasteiger partial charge is 0.286 e. The summed E-state index contributed by atoms with van der Waals surface area (Å²) in [6, 6.07) is 9.63. The van der Waals surface area contributed by atoms with Crippen molar-refractivity contribution >= 4 is 38.3 Å². The summed E-state index contributed by atoms with van der Waals surface area (Å²) in [6.45, 7) is 0. The van der Waals surface area contributed by atoms with E-state index in [0.29, 0.717) is 9.60 Å². The number of benzene rings is 2. The van der Waals surface area contributed by atoms with Crippen LogP contribution in [0.4, 0.5) is 5.69 Å². The maximum atomic E-state index is 12.7. The molecule has 2 aromatic carbocycles. The van der Waals surface area contributed by atoms with Gasteiger partial charge in [0.15, 0.2) is 0 Å². The second-order valence-corrected chi connectivity index (χ2v) is 6.44. The van der Waals surface area contributed by atoms with Gasteiger partial charge in [-0.1, -0.05) is 28.9 Å². The Balaban J connectivity index is 2.26. The van der Waals surface area contributed by atoms with Gasteiger partial charge < -0.3 is 0 Å². The zero-order chi connectivity index (χ0) is 15.9. The number of nitro benzene ring substituents is 1. The molecular weight excluding hydrogens is 332 g/mol. The number of nitro groups is 1. The van der Waals surface area contributed by atoms with Gasteiger partial charge in [-0.3, -0.25) is 10.1 Å². The van der Waals surface area contributed by atoms with Crippen LogP contribution in [0, 0.1) is 10.1 Å². The van der Waals surface area contributed by atoms with Crippen LogP contribution in [0.15, 0.2) is 47.4 Å². The third-order valence-electron chi connectivity index (χ3n) is 2.95. The van der Waals surface area contributed by atoms with Crippen molar-refractivity contribution in [2.24, 2.45) is 0 Å². The third kappa shape index (κ3) is 2.20. The summed E-state index contributed by atoms with van der Waals surface area (Å²) in [4.78, 5) is 9.72. The Morgan fingerprint density at radius 1 is 1.18 bits per heavy atom. The number of aromatic nitrogens is 3. The van der Waals surface area contributed by atoms with Gasteiger partial charge in [-0.15, -0.1) is 9.19 Å². The highest BCUT2D eigenvalue weighted by atomic mass is 35.5. The van der Waals surface area contributed by atoms with E-state index >= 15 is 0 Å². The normalized spacial score (nSPS) is 11.7.